The van der Waals surface area contributed by atoms with Gasteiger partial charge in [0.05, 0.1) is 27.1 Å². The Kier molecular flexibility index (Phi) is 5.85. The largest absolute Gasteiger partial charge is 0.283 e. The molecule has 2 aromatic rings. The number of nitriles is 1. The van der Waals surface area contributed by atoms with Crippen LogP contribution in [-0.2, 0) is 4.79 Å². The number of hydrogen-bond acceptors (Lipinski definition) is 4. The molecule has 1 heterocycles. The van der Waals surface area contributed by atoms with Gasteiger partial charge in [-0.2, -0.15) is 5.26 Å². The van der Waals surface area contributed by atoms with E-state index >= 15 is 0 Å². The van der Waals surface area contributed by atoms with Gasteiger partial charge < -0.3 is 0 Å². The molecule has 0 saturated heterocycles. The molecule has 3 rings (SSSR count). The minimum absolute atomic E-state index is 0.0800. The first-order chi connectivity index (χ1) is 12.9. The Bertz CT molecular complexity index is 1020. The van der Waals surface area contributed by atoms with E-state index < -0.39 is 17.0 Å². The minimum atomic E-state index is -0.556. The number of hydrogen-bond donors (Lipinski definition) is 0. The number of anilines is 1. The molecule has 1 atom stereocenters. The Hall–Kier alpha value is -2.33. The van der Waals surface area contributed by atoms with Gasteiger partial charge in [-0.05, 0) is 42.8 Å². The van der Waals surface area contributed by atoms with Crippen molar-refractivity contribution in [2.45, 2.75) is 12.2 Å². The predicted octanol–water partition coefficient (Wildman–Crippen LogP) is 5.52. The molecule has 0 aliphatic carbocycles. The topological polar surface area (TPSA) is 56.5 Å². The Morgan fingerprint density at radius 1 is 1.26 bits per heavy atom. The Morgan fingerprint density at radius 2 is 2.00 bits per heavy atom. The number of thioether (sulfide) groups is 1. The van der Waals surface area contributed by atoms with Gasteiger partial charge in [0.15, 0.2) is 5.17 Å². The monoisotopic (exact) mass is 419 g/mol. The number of amidine groups is 1. The van der Waals surface area contributed by atoms with Crippen molar-refractivity contribution in [3.63, 3.8) is 0 Å². The SMILES string of the molecule is C[C@@H](C#N)SC1=N/C(=C/c2ccc(Cl)c(Cl)c2)C(=O)N1c1ccccc1F. The highest BCUT2D eigenvalue weighted by Gasteiger charge is 2.34. The first kappa shape index (κ1) is 19.4. The molecule has 0 spiro atoms. The fourth-order valence-corrected chi connectivity index (χ4v) is 3.48. The molecule has 8 heteroatoms. The third kappa shape index (κ3) is 4.16. The second kappa shape index (κ2) is 8.13. The van der Waals surface area contributed by atoms with Gasteiger partial charge >= 0.3 is 0 Å². The van der Waals surface area contributed by atoms with Crippen LogP contribution in [0.1, 0.15) is 12.5 Å². The number of nitrogens with zero attached hydrogens (tertiary/aromatic N) is 3. The molecular formula is C19H12Cl2FN3OS. The lowest BCUT2D eigenvalue weighted by molar-refractivity contribution is -0.113. The minimum Gasteiger partial charge on any atom is -0.266 e. The van der Waals surface area contributed by atoms with Crippen molar-refractivity contribution < 1.29 is 9.18 Å². The summed E-state index contributed by atoms with van der Waals surface area (Å²) < 4.78 is 14.3. The molecule has 0 bridgehead atoms. The lowest BCUT2D eigenvalue weighted by Crippen LogP contribution is -2.31. The third-order valence-corrected chi connectivity index (χ3v) is 5.32. The lowest BCUT2D eigenvalue weighted by Gasteiger charge is -2.18. The van der Waals surface area contributed by atoms with Gasteiger partial charge in [-0.25, -0.2) is 9.38 Å². The van der Waals surface area contributed by atoms with Crippen LogP contribution in [0.5, 0.6) is 0 Å². The fraction of sp³-hybridized carbons (Fsp3) is 0.105. The average Bonchev–Trinajstić information content (AvgIpc) is 2.93. The molecule has 0 aromatic heterocycles. The summed E-state index contributed by atoms with van der Waals surface area (Å²) in [7, 11) is 0. The molecule has 0 N–H and O–H groups in total. The van der Waals surface area contributed by atoms with Gasteiger partial charge in [0.25, 0.3) is 5.91 Å². The molecule has 1 aliphatic rings. The Balaban J connectivity index is 2.05. The lowest BCUT2D eigenvalue weighted by atomic mass is 10.2. The van der Waals surface area contributed by atoms with Crippen molar-refractivity contribution in [1.29, 1.82) is 5.26 Å². The summed E-state index contributed by atoms with van der Waals surface area (Å²) in [5.41, 5.74) is 0.824. The van der Waals surface area contributed by atoms with E-state index in [1.807, 2.05) is 0 Å². The zero-order chi connectivity index (χ0) is 19.6. The van der Waals surface area contributed by atoms with Crippen molar-refractivity contribution in [3.8, 4) is 6.07 Å². The summed E-state index contributed by atoms with van der Waals surface area (Å²) in [5, 5.41) is 9.61. The second-order valence-electron chi connectivity index (χ2n) is 5.58. The van der Waals surface area contributed by atoms with Gasteiger partial charge in [0.2, 0.25) is 0 Å². The van der Waals surface area contributed by atoms with Crippen LogP contribution in [0.4, 0.5) is 10.1 Å². The summed E-state index contributed by atoms with van der Waals surface area (Å²) in [5.74, 6) is -1.04. The maximum absolute atomic E-state index is 14.3. The van der Waals surface area contributed by atoms with E-state index in [1.165, 1.54) is 23.1 Å². The number of halogens is 3. The average molecular weight is 420 g/mol. The highest BCUT2D eigenvalue weighted by atomic mass is 35.5. The van der Waals surface area contributed by atoms with Gasteiger partial charge in [-0.15, -0.1) is 0 Å². The quantitative estimate of drug-likeness (QED) is 0.615. The van der Waals surface area contributed by atoms with E-state index in [9.17, 15) is 9.18 Å². The maximum Gasteiger partial charge on any atom is 0.283 e. The van der Waals surface area contributed by atoms with E-state index in [4.69, 9.17) is 28.5 Å². The van der Waals surface area contributed by atoms with E-state index in [1.54, 1.807) is 37.3 Å². The standard InChI is InChI=1S/C19H12Cl2FN3OS/c1-11(10-23)27-19-24-16(9-12-6-7-13(20)14(21)8-12)18(26)25(19)17-5-3-2-4-15(17)22/h2-9,11H,1H3/b16-9+/t11-/m0/s1. The number of carbonyl (C=O) groups excluding carboxylic acids is 1. The summed E-state index contributed by atoms with van der Waals surface area (Å²) in [6, 6.07) is 12.9. The molecular weight excluding hydrogens is 408 g/mol. The zero-order valence-electron chi connectivity index (χ0n) is 14.0. The van der Waals surface area contributed by atoms with Crippen LogP contribution >= 0.6 is 35.0 Å². The fourth-order valence-electron chi connectivity index (χ4n) is 2.37. The number of para-hydroxylation sites is 1. The second-order valence-corrected chi connectivity index (χ2v) is 7.70. The van der Waals surface area contributed by atoms with Crippen molar-refractivity contribution >= 4 is 57.8 Å². The van der Waals surface area contributed by atoms with E-state index in [-0.39, 0.29) is 16.6 Å². The summed E-state index contributed by atoms with van der Waals surface area (Å²) in [4.78, 5) is 18.4. The maximum atomic E-state index is 14.3. The third-order valence-electron chi connectivity index (χ3n) is 3.63. The molecule has 4 nitrogen and oxygen atoms in total. The summed E-state index contributed by atoms with van der Waals surface area (Å²) >= 11 is 13.0. The molecule has 1 amide bonds. The predicted molar refractivity (Wildman–Crippen MR) is 108 cm³/mol. The van der Waals surface area contributed by atoms with Crippen LogP contribution in [-0.4, -0.2) is 16.3 Å². The highest BCUT2D eigenvalue weighted by molar-refractivity contribution is 8.15. The van der Waals surface area contributed by atoms with Gasteiger partial charge in [-0.3, -0.25) is 9.69 Å². The number of benzene rings is 2. The van der Waals surface area contributed by atoms with Crippen LogP contribution in [0.25, 0.3) is 6.08 Å². The van der Waals surface area contributed by atoms with Crippen molar-refractivity contribution in [2.75, 3.05) is 4.90 Å². The van der Waals surface area contributed by atoms with Gasteiger partial charge in [0, 0.05) is 0 Å². The van der Waals surface area contributed by atoms with Crippen molar-refractivity contribution in [3.05, 3.63) is 69.6 Å². The number of aliphatic imine (C=N–C) groups is 1. The molecule has 136 valence electrons. The van der Waals surface area contributed by atoms with E-state index in [0.717, 1.165) is 11.8 Å². The molecule has 0 radical (unpaired) electrons. The van der Waals surface area contributed by atoms with Gasteiger partial charge in [0.1, 0.15) is 11.5 Å². The number of amides is 1. The smallest absolute Gasteiger partial charge is 0.266 e. The summed E-state index contributed by atoms with van der Waals surface area (Å²) in [6.45, 7) is 1.68. The van der Waals surface area contributed by atoms with Crippen molar-refractivity contribution in [1.82, 2.24) is 0 Å². The van der Waals surface area contributed by atoms with Crippen LogP contribution in [0, 0.1) is 17.1 Å². The first-order valence-electron chi connectivity index (χ1n) is 7.81. The normalized spacial score (nSPS) is 16.4. The Labute approximate surface area is 169 Å². The number of carbonyl (C=O) groups is 1. The zero-order valence-corrected chi connectivity index (χ0v) is 16.3. The van der Waals surface area contributed by atoms with Crippen LogP contribution in [0.15, 0.2) is 53.2 Å². The molecule has 0 unspecified atom stereocenters. The highest BCUT2D eigenvalue weighted by Crippen LogP contribution is 2.33. The van der Waals surface area contributed by atoms with Gasteiger partial charge in [-0.1, -0.05) is 53.2 Å². The van der Waals surface area contributed by atoms with E-state index in [2.05, 4.69) is 11.1 Å². The molecule has 1 aliphatic heterocycles. The molecule has 0 saturated carbocycles. The van der Waals surface area contributed by atoms with Crippen LogP contribution in [0.2, 0.25) is 10.0 Å². The molecule has 2 aromatic carbocycles. The Morgan fingerprint density at radius 3 is 2.67 bits per heavy atom. The summed E-state index contributed by atoms with van der Waals surface area (Å²) in [6.07, 6.45) is 1.54. The molecule has 27 heavy (non-hydrogen) atoms. The molecule has 0 fully saturated rings. The van der Waals surface area contributed by atoms with Crippen LogP contribution in [0.3, 0.4) is 0 Å². The first-order valence-corrected chi connectivity index (χ1v) is 9.45. The number of rotatable bonds is 3. The van der Waals surface area contributed by atoms with Crippen LogP contribution < -0.4 is 4.90 Å². The van der Waals surface area contributed by atoms with Crippen molar-refractivity contribution in [2.24, 2.45) is 4.99 Å². The van der Waals surface area contributed by atoms with E-state index in [0.29, 0.717) is 15.6 Å².